The van der Waals surface area contributed by atoms with Gasteiger partial charge in [-0.3, -0.25) is 15.1 Å². The number of nitrogens with one attached hydrogen (secondary N) is 1. The largest absolute Gasteiger partial charge is 0.494 e. The second kappa shape index (κ2) is 8.50. The van der Waals surface area contributed by atoms with Crippen molar-refractivity contribution < 1.29 is 19.4 Å². The fourth-order valence-corrected chi connectivity index (χ4v) is 3.82. The summed E-state index contributed by atoms with van der Waals surface area (Å²) in [5, 5.41) is 20.9. The summed E-state index contributed by atoms with van der Waals surface area (Å²) in [7, 11) is 1.52. The molecule has 1 aliphatic rings. The first-order valence-corrected chi connectivity index (χ1v) is 10.3. The molecule has 0 unspecified atom stereocenters. The number of hydrogen-bond donors (Lipinski definition) is 2. The molecule has 4 rings (SSSR count). The lowest BCUT2D eigenvalue weighted by molar-refractivity contribution is -0.0111. The first-order chi connectivity index (χ1) is 14.4. The minimum absolute atomic E-state index is 0.0756. The Balaban J connectivity index is 1.58. The molecule has 9 nitrogen and oxygen atoms in total. The van der Waals surface area contributed by atoms with Crippen molar-refractivity contribution in [3.8, 4) is 22.1 Å². The Morgan fingerprint density at radius 3 is 2.77 bits per heavy atom. The van der Waals surface area contributed by atoms with E-state index in [9.17, 15) is 9.90 Å². The molecule has 0 atom stereocenters. The Bertz CT molecular complexity index is 1090. The molecule has 30 heavy (non-hydrogen) atoms. The number of hydrogen-bond acceptors (Lipinski definition) is 9. The number of halogens is 1. The molecule has 0 bridgehead atoms. The van der Waals surface area contributed by atoms with Gasteiger partial charge in [-0.05, 0) is 30.4 Å². The number of carbonyl (C=O) groups excluding carboxylic acids is 1. The number of anilines is 1. The molecule has 0 aromatic carbocycles. The van der Waals surface area contributed by atoms with Gasteiger partial charge in [-0.15, -0.1) is 5.10 Å². The van der Waals surface area contributed by atoms with Crippen LogP contribution in [0.5, 0.6) is 10.9 Å². The predicted octanol–water partition coefficient (Wildman–Crippen LogP) is 3.12. The van der Waals surface area contributed by atoms with E-state index in [0.29, 0.717) is 45.6 Å². The molecule has 0 spiro atoms. The first-order valence-electron chi connectivity index (χ1n) is 9.09. The number of ether oxygens (including phenoxy) is 2. The molecular weight excluding hydrogens is 430 g/mol. The molecule has 0 saturated heterocycles. The van der Waals surface area contributed by atoms with Crippen molar-refractivity contribution in [1.29, 1.82) is 0 Å². The van der Waals surface area contributed by atoms with Crippen LogP contribution >= 0.6 is 22.9 Å². The molecule has 1 amide bonds. The van der Waals surface area contributed by atoms with Gasteiger partial charge >= 0.3 is 0 Å². The Morgan fingerprint density at radius 2 is 2.03 bits per heavy atom. The van der Waals surface area contributed by atoms with Crippen molar-refractivity contribution in [2.45, 2.75) is 32.0 Å². The van der Waals surface area contributed by atoms with E-state index in [-0.39, 0.29) is 17.4 Å². The van der Waals surface area contributed by atoms with Crippen molar-refractivity contribution in [2.24, 2.45) is 0 Å². The number of aryl methyl sites for hydroxylation is 1. The molecular formula is C19H18ClN5O4S. The van der Waals surface area contributed by atoms with Crippen molar-refractivity contribution in [2.75, 3.05) is 12.4 Å². The number of aromatic nitrogens is 4. The second-order valence-electron chi connectivity index (χ2n) is 6.77. The Labute approximate surface area is 181 Å². The van der Waals surface area contributed by atoms with Crippen LogP contribution in [0.15, 0.2) is 24.5 Å². The summed E-state index contributed by atoms with van der Waals surface area (Å²) in [6.07, 6.45) is 3.72. The van der Waals surface area contributed by atoms with Gasteiger partial charge in [0.25, 0.3) is 11.1 Å². The highest BCUT2D eigenvalue weighted by Gasteiger charge is 2.30. The van der Waals surface area contributed by atoms with Crippen molar-refractivity contribution >= 4 is 34.0 Å². The maximum absolute atomic E-state index is 13.0. The fraction of sp³-hybridized carbons (Fsp3) is 0.316. The van der Waals surface area contributed by atoms with Crippen LogP contribution in [-0.4, -0.2) is 50.5 Å². The highest BCUT2D eigenvalue weighted by atomic mass is 35.5. The number of aliphatic hydroxyl groups excluding tert-OH is 1. The summed E-state index contributed by atoms with van der Waals surface area (Å²) < 4.78 is 11.0. The number of pyridine rings is 2. The van der Waals surface area contributed by atoms with Gasteiger partial charge in [-0.2, -0.15) is 0 Å². The third kappa shape index (κ3) is 4.35. The Kier molecular flexibility index (Phi) is 5.80. The van der Waals surface area contributed by atoms with Crippen LogP contribution in [0.3, 0.4) is 0 Å². The quantitative estimate of drug-likeness (QED) is 0.553. The second-order valence-corrected chi connectivity index (χ2v) is 8.10. The summed E-state index contributed by atoms with van der Waals surface area (Å²) in [5.74, 6) is 0.0718. The number of methoxy groups -OCH3 is 1. The normalized spacial score (nSPS) is 17.9. The molecule has 11 heteroatoms. The number of carbonyl (C=O) groups is 1. The third-order valence-electron chi connectivity index (χ3n) is 4.59. The van der Waals surface area contributed by atoms with Crippen LogP contribution in [0.2, 0.25) is 5.15 Å². The van der Waals surface area contributed by atoms with Crippen LogP contribution < -0.4 is 14.8 Å². The Morgan fingerprint density at radius 1 is 1.23 bits per heavy atom. The number of amides is 1. The summed E-state index contributed by atoms with van der Waals surface area (Å²) in [4.78, 5) is 21.2. The third-order valence-corrected chi connectivity index (χ3v) is 5.53. The molecule has 3 aromatic heterocycles. The number of rotatable bonds is 6. The average molecular weight is 448 g/mol. The maximum Gasteiger partial charge on any atom is 0.296 e. The number of aliphatic hydroxyl groups is 1. The van der Waals surface area contributed by atoms with Gasteiger partial charge in [0.05, 0.1) is 25.0 Å². The summed E-state index contributed by atoms with van der Waals surface area (Å²) >= 11 is 7.18. The first kappa shape index (κ1) is 20.5. The van der Waals surface area contributed by atoms with Crippen LogP contribution in [0.4, 0.5) is 5.13 Å². The van der Waals surface area contributed by atoms with Crippen molar-refractivity contribution in [1.82, 2.24) is 20.2 Å². The summed E-state index contributed by atoms with van der Waals surface area (Å²) in [6.45, 7) is 1.83. The van der Waals surface area contributed by atoms with Gasteiger partial charge in [-0.1, -0.05) is 16.7 Å². The zero-order valence-corrected chi connectivity index (χ0v) is 17.7. The molecule has 1 aliphatic carbocycles. The maximum atomic E-state index is 13.0. The van der Waals surface area contributed by atoms with Crippen LogP contribution in [0, 0.1) is 6.92 Å². The SMILES string of the molecule is COc1cnc(Cl)cc1-c1cc(C)ncc1C(=O)Nc1nnc(O[C@H]2C[C@H](O)C2)s1. The molecule has 0 aliphatic heterocycles. The average Bonchev–Trinajstić information content (AvgIpc) is 3.13. The van der Waals surface area contributed by atoms with Gasteiger partial charge in [0.15, 0.2) is 0 Å². The molecule has 1 fully saturated rings. The van der Waals surface area contributed by atoms with Gasteiger partial charge in [0.1, 0.15) is 17.0 Å². The molecule has 1 saturated carbocycles. The molecule has 2 N–H and O–H groups in total. The van der Waals surface area contributed by atoms with Crippen molar-refractivity contribution in [3.63, 3.8) is 0 Å². The van der Waals surface area contributed by atoms with Crippen LogP contribution in [-0.2, 0) is 0 Å². The fourth-order valence-electron chi connectivity index (χ4n) is 3.00. The molecule has 0 radical (unpaired) electrons. The molecule has 3 aromatic rings. The monoisotopic (exact) mass is 447 g/mol. The van der Waals surface area contributed by atoms with E-state index in [1.165, 1.54) is 19.5 Å². The minimum atomic E-state index is -0.408. The van der Waals surface area contributed by atoms with E-state index in [4.69, 9.17) is 21.1 Å². The topological polar surface area (TPSA) is 119 Å². The highest BCUT2D eigenvalue weighted by molar-refractivity contribution is 7.17. The van der Waals surface area contributed by atoms with E-state index < -0.39 is 5.91 Å². The summed E-state index contributed by atoms with van der Waals surface area (Å²) in [5.41, 5.74) is 2.27. The van der Waals surface area contributed by atoms with Gasteiger partial charge < -0.3 is 14.6 Å². The Hall–Kier alpha value is -2.82. The molecule has 156 valence electrons. The lowest BCUT2D eigenvalue weighted by atomic mass is 9.92. The highest BCUT2D eigenvalue weighted by Crippen LogP contribution is 2.35. The zero-order valence-electron chi connectivity index (χ0n) is 16.1. The van der Waals surface area contributed by atoms with Crippen LogP contribution in [0.1, 0.15) is 28.9 Å². The zero-order chi connectivity index (χ0) is 21.3. The van der Waals surface area contributed by atoms with E-state index in [1.54, 1.807) is 12.1 Å². The lowest BCUT2D eigenvalue weighted by Crippen LogP contribution is -2.37. The standard InChI is InChI=1S/C19H18ClN5O4S/c1-9-3-12(13-6-16(20)22-8-15(13)28-2)14(7-21-9)17(27)23-18-24-25-19(30-18)29-11-4-10(26)5-11/h3,6-8,10-11,26H,4-5H2,1-2H3,(H,23,24,27)/t10-,11-. The van der Waals surface area contributed by atoms with Gasteiger partial charge in [-0.25, -0.2) is 4.98 Å². The van der Waals surface area contributed by atoms with Gasteiger partial charge in [0, 0.05) is 35.9 Å². The molecule has 3 heterocycles. The minimum Gasteiger partial charge on any atom is -0.494 e. The lowest BCUT2D eigenvalue weighted by Gasteiger charge is -2.30. The predicted molar refractivity (Wildman–Crippen MR) is 111 cm³/mol. The number of nitrogens with zero attached hydrogens (tertiary/aromatic N) is 4. The smallest absolute Gasteiger partial charge is 0.296 e. The van der Waals surface area contributed by atoms with Crippen LogP contribution in [0.25, 0.3) is 11.1 Å². The van der Waals surface area contributed by atoms with E-state index in [2.05, 4.69) is 25.5 Å². The van der Waals surface area contributed by atoms with E-state index >= 15 is 0 Å². The van der Waals surface area contributed by atoms with Crippen molar-refractivity contribution in [3.05, 3.63) is 40.9 Å². The van der Waals surface area contributed by atoms with E-state index in [0.717, 1.165) is 17.0 Å². The summed E-state index contributed by atoms with van der Waals surface area (Å²) in [6, 6.07) is 3.41. The van der Waals surface area contributed by atoms with Gasteiger partial charge in [0.2, 0.25) is 5.13 Å². The van der Waals surface area contributed by atoms with E-state index in [1.807, 2.05) is 6.92 Å².